The Morgan fingerprint density at radius 1 is 1.20 bits per heavy atom. The van der Waals surface area contributed by atoms with Crippen molar-refractivity contribution in [1.29, 1.82) is 0 Å². The van der Waals surface area contributed by atoms with E-state index in [1.807, 2.05) is 30.3 Å². The number of hydrogen-bond acceptors (Lipinski definition) is 4. The predicted octanol–water partition coefficient (Wildman–Crippen LogP) is 2.50. The van der Waals surface area contributed by atoms with Gasteiger partial charge in [-0.15, -0.1) is 10.2 Å². The molecule has 0 unspecified atom stereocenters. The minimum atomic E-state index is -0.710. The fraction of sp³-hybridized carbons (Fsp3) is 0.176. The van der Waals surface area contributed by atoms with Gasteiger partial charge in [-0.25, -0.2) is 8.78 Å². The van der Waals surface area contributed by atoms with Gasteiger partial charge in [-0.2, -0.15) is 4.80 Å². The van der Waals surface area contributed by atoms with Crippen molar-refractivity contribution in [3.63, 3.8) is 0 Å². The molecule has 1 amide bonds. The largest absolute Gasteiger partial charge is 0.348 e. The van der Waals surface area contributed by atoms with Crippen LogP contribution in [0.15, 0.2) is 48.5 Å². The molecule has 3 aromatic rings. The van der Waals surface area contributed by atoms with Crippen molar-refractivity contribution in [2.24, 2.45) is 0 Å². The molecule has 2 aromatic carbocycles. The van der Waals surface area contributed by atoms with Gasteiger partial charge in [-0.05, 0) is 18.2 Å². The summed E-state index contributed by atoms with van der Waals surface area (Å²) in [6.45, 7) is 1.45. The van der Waals surface area contributed by atoms with E-state index in [-0.39, 0.29) is 12.1 Å². The zero-order valence-electron chi connectivity index (χ0n) is 13.4. The minimum absolute atomic E-state index is 0.160. The number of benzene rings is 2. The van der Waals surface area contributed by atoms with E-state index in [2.05, 4.69) is 20.7 Å². The Hall–Kier alpha value is -3.16. The summed E-state index contributed by atoms with van der Waals surface area (Å²) in [5.74, 6) is -1.38. The van der Waals surface area contributed by atoms with Gasteiger partial charge in [0.25, 0.3) is 0 Å². The van der Waals surface area contributed by atoms with Gasteiger partial charge in [0.1, 0.15) is 18.2 Å². The first kappa shape index (κ1) is 16.7. The highest BCUT2D eigenvalue weighted by atomic mass is 19.1. The number of hydrogen-bond donors (Lipinski definition) is 1. The van der Waals surface area contributed by atoms with Crippen molar-refractivity contribution in [2.75, 3.05) is 0 Å². The molecule has 1 aromatic heterocycles. The average Bonchev–Trinajstić information content (AvgIpc) is 3.03. The maximum absolute atomic E-state index is 13.7. The van der Waals surface area contributed by atoms with Crippen LogP contribution in [0.3, 0.4) is 0 Å². The molecule has 0 radical (unpaired) electrons. The average molecular weight is 343 g/mol. The summed E-state index contributed by atoms with van der Waals surface area (Å²) in [5, 5.41) is 14.5. The van der Waals surface area contributed by atoms with E-state index >= 15 is 0 Å². The van der Waals surface area contributed by atoms with Crippen LogP contribution in [0.4, 0.5) is 8.78 Å². The van der Waals surface area contributed by atoms with E-state index in [1.54, 1.807) is 6.92 Å². The number of halogens is 2. The molecule has 0 bridgehead atoms. The molecule has 0 fully saturated rings. The second-order valence-corrected chi connectivity index (χ2v) is 5.46. The van der Waals surface area contributed by atoms with Crippen molar-refractivity contribution >= 4 is 5.91 Å². The summed E-state index contributed by atoms with van der Waals surface area (Å²) in [6.07, 6.45) is 0. The van der Waals surface area contributed by atoms with Crippen LogP contribution in [-0.4, -0.2) is 26.1 Å². The first-order valence-electron chi connectivity index (χ1n) is 7.60. The van der Waals surface area contributed by atoms with Crippen molar-refractivity contribution < 1.29 is 13.6 Å². The van der Waals surface area contributed by atoms with E-state index in [1.165, 1.54) is 6.07 Å². The van der Waals surface area contributed by atoms with Gasteiger partial charge in [0.2, 0.25) is 11.7 Å². The number of nitrogens with zero attached hydrogens (tertiary/aromatic N) is 4. The molecule has 0 saturated carbocycles. The van der Waals surface area contributed by atoms with Crippen LogP contribution in [0.1, 0.15) is 18.5 Å². The fourth-order valence-electron chi connectivity index (χ4n) is 2.36. The summed E-state index contributed by atoms with van der Waals surface area (Å²) in [5.41, 5.74) is 0.988. The number of tetrazole rings is 1. The molecule has 128 valence electrons. The maximum atomic E-state index is 13.7. The Bertz CT molecular complexity index is 882. The SMILES string of the molecule is C[C@@H](NC(=O)Cn1nnc(-c2ccccc2)n1)c1ccc(F)cc1F. The zero-order chi connectivity index (χ0) is 17.8. The van der Waals surface area contributed by atoms with Gasteiger partial charge in [0.15, 0.2) is 0 Å². The van der Waals surface area contributed by atoms with Crippen molar-refractivity contribution in [3.05, 3.63) is 65.7 Å². The van der Waals surface area contributed by atoms with Crippen LogP contribution < -0.4 is 5.32 Å². The molecule has 25 heavy (non-hydrogen) atoms. The summed E-state index contributed by atoms with van der Waals surface area (Å²) in [4.78, 5) is 13.2. The Balaban J connectivity index is 1.64. The van der Waals surface area contributed by atoms with E-state index in [0.717, 1.165) is 22.5 Å². The molecule has 8 heteroatoms. The lowest BCUT2D eigenvalue weighted by Crippen LogP contribution is -2.31. The first-order chi connectivity index (χ1) is 12.0. The van der Waals surface area contributed by atoms with Crippen LogP contribution in [0.2, 0.25) is 0 Å². The van der Waals surface area contributed by atoms with Gasteiger partial charge in [0, 0.05) is 17.2 Å². The lowest BCUT2D eigenvalue weighted by atomic mass is 10.1. The van der Waals surface area contributed by atoms with E-state index < -0.39 is 23.6 Å². The second kappa shape index (κ2) is 7.16. The summed E-state index contributed by atoms with van der Waals surface area (Å²) in [7, 11) is 0. The molecule has 1 heterocycles. The summed E-state index contributed by atoms with van der Waals surface area (Å²) >= 11 is 0. The van der Waals surface area contributed by atoms with Gasteiger partial charge < -0.3 is 5.32 Å². The fourth-order valence-corrected chi connectivity index (χ4v) is 2.36. The highest BCUT2D eigenvalue weighted by Gasteiger charge is 2.15. The number of nitrogens with one attached hydrogen (secondary N) is 1. The topological polar surface area (TPSA) is 72.7 Å². The molecule has 3 rings (SSSR count). The number of carbonyl (C=O) groups excluding carboxylic acids is 1. The Morgan fingerprint density at radius 3 is 2.68 bits per heavy atom. The molecule has 6 nitrogen and oxygen atoms in total. The number of rotatable bonds is 5. The van der Waals surface area contributed by atoms with Crippen LogP contribution in [0.25, 0.3) is 11.4 Å². The lowest BCUT2D eigenvalue weighted by molar-refractivity contribution is -0.122. The van der Waals surface area contributed by atoms with E-state index in [4.69, 9.17) is 0 Å². The normalized spacial score (nSPS) is 12.0. The third kappa shape index (κ3) is 4.03. The second-order valence-electron chi connectivity index (χ2n) is 5.46. The van der Waals surface area contributed by atoms with Crippen molar-refractivity contribution in [3.8, 4) is 11.4 Å². The van der Waals surface area contributed by atoms with Crippen LogP contribution >= 0.6 is 0 Å². The molecule has 0 aliphatic rings. The molecular formula is C17H15F2N5O. The molecule has 0 aliphatic heterocycles. The minimum Gasteiger partial charge on any atom is -0.348 e. The zero-order valence-corrected chi connectivity index (χ0v) is 13.4. The molecule has 1 atom stereocenters. The van der Waals surface area contributed by atoms with Crippen molar-refractivity contribution in [2.45, 2.75) is 19.5 Å². The van der Waals surface area contributed by atoms with Gasteiger partial charge in [-0.3, -0.25) is 4.79 Å². The van der Waals surface area contributed by atoms with Crippen LogP contribution in [0, 0.1) is 11.6 Å². The molecule has 0 saturated heterocycles. The van der Waals surface area contributed by atoms with E-state index in [9.17, 15) is 13.6 Å². The Labute approximate surface area is 142 Å². The maximum Gasteiger partial charge on any atom is 0.244 e. The van der Waals surface area contributed by atoms with Crippen LogP contribution in [-0.2, 0) is 11.3 Å². The lowest BCUT2D eigenvalue weighted by Gasteiger charge is -2.14. The van der Waals surface area contributed by atoms with Gasteiger partial charge >= 0.3 is 0 Å². The number of aromatic nitrogens is 4. The molecular weight excluding hydrogens is 328 g/mol. The number of carbonyl (C=O) groups is 1. The smallest absolute Gasteiger partial charge is 0.244 e. The van der Waals surface area contributed by atoms with Crippen LogP contribution in [0.5, 0.6) is 0 Å². The molecule has 0 spiro atoms. The highest BCUT2D eigenvalue weighted by Crippen LogP contribution is 2.17. The van der Waals surface area contributed by atoms with Gasteiger partial charge in [-0.1, -0.05) is 36.4 Å². The molecule has 1 N–H and O–H groups in total. The quantitative estimate of drug-likeness (QED) is 0.772. The third-order valence-electron chi connectivity index (χ3n) is 3.58. The Morgan fingerprint density at radius 2 is 1.96 bits per heavy atom. The highest BCUT2D eigenvalue weighted by molar-refractivity contribution is 5.76. The third-order valence-corrected chi connectivity index (χ3v) is 3.58. The number of amides is 1. The predicted molar refractivity (Wildman–Crippen MR) is 86.2 cm³/mol. The standard InChI is InChI=1S/C17H15F2N5O/c1-11(14-8-7-13(18)9-15(14)19)20-16(25)10-24-22-17(21-23-24)12-5-3-2-4-6-12/h2-9,11H,10H2,1H3,(H,20,25)/t11-/m1/s1. The summed E-state index contributed by atoms with van der Waals surface area (Å²) < 4.78 is 26.7. The first-order valence-corrected chi connectivity index (χ1v) is 7.60. The van der Waals surface area contributed by atoms with E-state index in [0.29, 0.717) is 5.82 Å². The Kier molecular flexibility index (Phi) is 4.78. The molecule has 0 aliphatic carbocycles. The summed E-state index contributed by atoms with van der Waals surface area (Å²) in [6, 6.07) is 11.8. The van der Waals surface area contributed by atoms with Crippen molar-refractivity contribution in [1.82, 2.24) is 25.5 Å². The monoisotopic (exact) mass is 343 g/mol. The van der Waals surface area contributed by atoms with Gasteiger partial charge in [0.05, 0.1) is 6.04 Å².